The summed E-state index contributed by atoms with van der Waals surface area (Å²) in [4.78, 5) is 31.5. The number of hydrogen-bond acceptors (Lipinski definition) is 6. The molecule has 2 aliphatic rings. The first-order chi connectivity index (χ1) is 15.8. The fraction of sp³-hybridized carbons (Fsp3) is 0.591. The number of ether oxygens (including phenoxy) is 1. The maximum Gasteiger partial charge on any atom is 0.407 e. The van der Waals surface area contributed by atoms with Crippen LogP contribution in [0.1, 0.15) is 37.9 Å². The molecule has 2 atom stereocenters. The van der Waals surface area contributed by atoms with Crippen molar-refractivity contribution in [3.05, 3.63) is 34.1 Å². The lowest BCUT2D eigenvalue weighted by Gasteiger charge is -2.32. The molecular formula is C22H27F2N3O5S. The predicted molar refractivity (Wildman–Crippen MR) is 120 cm³/mol. The summed E-state index contributed by atoms with van der Waals surface area (Å²) in [6.07, 6.45) is 0.876. The van der Waals surface area contributed by atoms with E-state index < -0.39 is 29.6 Å². The van der Waals surface area contributed by atoms with E-state index in [1.54, 1.807) is 11.8 Å². The van der Waals surface area contributed by atoms with E-state index in [-0.39, 0.29) is 42.5 Å². The maximum atomic E-state index is 14.6. The zero-order chi connectivity index (χ0) is 23.5. The molecule has 1 aromatic carbocycles. The minimum absolute atomic E-state index is 0.0288. The number of aliphatic hydroxyl groups excluding tert-OH is 1. The Morgan fingerprint density at radius 2 is 2.03 bits per heavy atom. The van der Waals surface area contributed by atoms with Gasteiger partial charge in [-0.05, 0) is 32.1 Å². The van der Waals surface area contributed by atoms with Crippen molar-refractivity contribution in [1.82, 2.24) is 14.9 Å². The van der Waals surface area contributed by atoms with Gasteiger partial charge in [-0.3, -0.25) is 4.79 Å². The summed E-state index contributed by atoms with van der Waals surface area (Å²) in [5.74, 6) is -0.234. The van der Waals surface area contributed by atoms with E-state index in [2.05, 4.69) is 9.97 Å². The Morgan fingerprint density at radius 3 is 2.73 bits per heavy atom. The third-order valence-corrected chi connectivity index (χ3v) is 7.68. The Bertz CT molecular complexity index is 1060. The first kappa shape index (κ1) is 23.7. The van der Waals surface area contributed by atoms with Crippen molar-refractivity contribution in [2.75, 3.05) is 19.7 Å². The number of carbonyl (C=O) groups is 1. The molecule has 2 aromatic rings. The summed E-state index contributed by atoms with van der Waals surface area (Å²) in [7, 11) is 0. The van der Waals surface area contributed by atoms with Gasteiger partial charge in [-0.25, -0.2) is 18.6 Å². The Kier molecular flexibility index (Phi) is 7.38. The van der Waals surface area contributed by atoms with Crippen molar-refractivity contribution >= 4 is 28.8 Å². The van der Waals surface area contributed by atoms with Crippen LogP contribution in [0.5, 0.6) is 5.75 Å². The molecule has 11 heteroatoms. The molecule has 4 rings (SSSR count). The SMILES string of the molecule is O=C(O)N1CC[C@@H](COc2cc(F)c3c(=O)[nH]c(CSC4CCC(O)CC4)nc3c2)[C@H](F)C1. The number of H-pyrrole nitrogens is 1. The summed E-state index contributed by atoms with van der Waals surface area (Å²) in [6.45, 7) is -0.0276. The Hall–Kier alpha value is -2.40. The van der Waals surface area contributed by atoms with Crippen LogP contribution in [0, 0.1) is 11.7 Å². The Morgan fingerprint density at radius 1 is 1.27 bits per heavy atom. The molecule has 1 aliphatic heterocycles. The van der Waals surface area contributed by atoms with Crippen molar-refractivity contribution in [2.24, 2.45) is 5.92 Å². The van der Waals surface area contributed by atoms with E-state index >= 15 is 0 Å². The molecule has 1 saturated heterocycles. The molecule has 0 radical (unpaired) electrons. The number of amides is 1. The van der Waals surface area contributed by atoms with E-state index in [1.807, 2.05) is 0 Å². The lowest BCUT2D eigenvalue weighted by molar-refractivity contribution is 0.0551. The molecule has 0 bridgehead atoms. The van der Waals surface area contributed by atoms with Gasteiger partial charge in [0.1, 0.15) is 28.9 Å². The van der Waals surface area contributed by atoms with Gasteiger partial charge in [-0.2, -0.15) is 11.8 Å². The molecule has 1 saturated carbocycles. The van der Waals surface area contributed by atoms with Crippen LogP contribution in [0.2, 0.25) is 0 Å². The molecule has 33 heavy (non-hydrogen) atoms. The molecule has 0 unspecified atom stereocenters. The molecule has 0 spiro atoms. The summed E-state index contributed by atoms with van der Waals surface area (Å²) in [5.41, 5.74) is -0.399. The average Bonchev–Trinajstić information content (AvgIpc) is 2.77. The van der Waals surface area contributed by atoms with Gasteiger partial charge in [-0.15, -0.1) is 0 Å². The van der Waals surface area contributed by atoms with Crippen LogP contribution >= 0.6 is 11.8 Å². The minimum atomic E-state index is -1.37. The van der Waals surface area contributed by atoms with Crippen molar-refractivity contribution in [1.29, 1.82) is 0 Å². The molecule has 1 aliphatic carbocycles. The minimum Gasteiger partial charge on any atom is -0.493 e. The summed E-state index contributed by atoms with van der Waals surface area (Å²) >= 11 is 1.65. The smallest absolute Gasteiger partial charge is 0.407 e. The number of benzene rings is 1. The van der Waals surface area contributed by atoms with Crippen molar-refractivity contribution in [3.63, 3.8) is 0 Å². The first-order valence-corrected chi connectivity index (χ1v) is 12.1. The molecule has 2 fully saturated rings. The van der Waals surface area contributed by atoms with Crippen molar-refractivity contribution < 1.29 is 28.5 Å². The summed E-state index contributed by atoms with van der Waals surface area (Å²) in [6, 6.07) is 2.55. The number of aromatic amines is 1. The van der Waals surface area contributed by atoms with Gasteiger partial charge >= 0.3 is 6.09 Å². The van der Waals surface area contributed by atoms with Gasteiger partial charge in [0.15, 0.2) is 0 Å². The maximum absolute atomic E-state index is 14.6. The van der Waals surface area contributed by atoms with Crippen LogP contribution in [0.25, 0.3) is 10.9 Å². The lowest BCUT2D eigenvalue weighted by atomic mass is 9.96. The highest BCUT2D eigenvalue weighted by Crippen LogP contribution is 2.30. The Labute approximate surface area is 193 Å². The molecule has 8 nitrogen and oxygen atoms in total. The molecule has 2 heterocycles. The van der Waals surface area contributed by atoms with E-state index in [0.717, 1.165) is 36.6 Å². The lowest BCUT2D eigenvalue weighted by Crippen LogP contribution is -2.45. The number of nitrogens with zero attached hydrogens (tertiary/aromatic N) is 2. The largest absolute Gasteiger partial charge is 0.493 e. The van der Waals surface area contributed by atoms with E-state index in [0.29, 0.717) is 23.2 Å². The molecule has 1 aromatic heterocycles. The highest BCUT2D eigenvalue weighted by molar-refractivity contribution is 7.99. The molecular weight excluding hydrogens is 456 g/mol. The fourth-order valence-electron chi connectivity index (χ4n) is 4.33. The van der Waals surface area contributed by atoms with E-state index in [1.165, 1.54) is 6.07 Å². The number of aromatic nitrogens is 2. The standard InChI is InChI=1S/C22H27F2N3O5S/c23-16-7-14(32-10-12-5-6-27(22(30)31)9-17(12)24)8-18-20(16)21(29)26-19(25-18)11-33-15-3-1-13(28)2-4-15/h7-8,12-13,15,17,28H,1-6,9-11H2,(H,30,31)(H,25,26,29)/t12-,13?,15?,17+/m0/s1. The molecule has 180 valence electrons. The second-order valence-electron chi connectivity index (χ2n) is 8.66. The fourth-order valence-corrected chi connectivity index (χ4v) is 5.46. The van der Waals surface area contributed by atoms with Gasteiger partial charge in [0.05, 0.1) is 30.5 Å². The quantitative estimate of drug-likeness (QED) is 0.577. The highest BCUT2D eigenvalue weighted by atomic mass is 32.2. The number of rotatable bonds is 6. The van der Waals surface area contributed by atoms with Crippen LogP contribution in [-0.4, -0.2) is 68.4 Å². The topological polar surface area (TPSA) is 116 Å². The highest BCUT2D eigenvalue weighted by Gasteiger charge is 2.32. The number of carboxylic acid groups (broad SMARTS) is 1. The van der Waals surface area contributed by atoms with Crippen molar-refractivity contribution in [3.8, 4) is 5.75 Å². The number of thioether (sulfide) groups is 1. The van der Waals surface area contributed by atoms with Gasteiger partial charge in [0.25, 0.3) is 5.56 Å². The van der Waals surface area contributed by atoms with E-state index in [9.17, 15) is 23.5 Å². The molecule has 1 amide bonds. The van der Waals surface area contributed by atoms with Crippen LogP contribution in [0.4, 0.5) is 13.6 Å². The zero-order valence-electron chi connectivity index (χ0n) is 18.0. The number of fused-ring (bicyclic) bond motifs is 1. The van der Waals surface area contributed by atoms with Crippen molar-refractivity contribution in [2.45, 2.75) is 55.4 Å². The first-order valence-electron chi connectivity index (χ1n) is 11.1. The van der Waals surface area contributed by atoms with E-state index in [4.69, 9.17) is 9.84 Å². The van der Waals surface area contributed by atoms with Gasteiger partial charge in [0, 0.05) is 29.8 Å². The third-order valence-electron chi connectivity index (χ3n) is 6.29. The van der Waals surface area contributed by atoms with Crippen LogP contribution < -0.4 is 10.3 Å². The normalized spacial score (nSPS) is 25.8. The second-order valence-corrected chi connectivity index (χ2v) is 9.95. The predicted octanol–water partition coefficient (Wildman–Crippen LogP) is 3.32. The summed E-state index contributed by atoms with van der Waals surface area (Å²) < 4.78 is 34.6. The number of aliphatic hydroxyl groups is 1. The van der Waals surface area contributed by atoms with Gasteiger partial charge in [0.2, 0.25) is 0 Å². The monoisotopic (exact) mass is 483 g/mol. The van der Waals surface area contributed by atoms with Gasteiger partial charge in [-0.1, -0.05) is 0 Å². The third kappa shape index (κ3) is 5.75. The molecule has 3 N–H and O–H groups in total. The number of piperidine rings is 1. The van der Waals surface area contributed by atoms with Crippen LogP contribution in [0.3, 0.4) is 0 Å². The average molecular weight is 484 g/mol. The Balaban J connectivity index is 1.43. The number of likely N-dealkylation sites (tertiary alicyclic amines) is 1. The summed E-state index contributed by atoms with van der Waals surface area (Å²) in [5, 5.41) is 18.8. The van der Waals surface area contributed by atoms with Crippen LogP contribution in [0.15, 0.2) is 16.9 Å². The zero-order valence-corrected chi connectivity index (χ0v) is 18.8. The number of nitrogens with one attached hydrogen (secondary N) is 1. The second kappa shape index (κ2) is 10.3. The number of hydrogen-bond donors (Lipinski definition) is 3. The van der Waals surface area contributed by atoms with Gasteiger partial charge < -0.3 is 24.8 Å². The number of alkyl halides is 1. The van der Waals surface area contributed by atoms with Crippen LogP contribution in [-0.2, 0) is 5.75 Å². The number of halogens is 2.